The van der Waals surface area contributed by atoms with Gasteiger partial charge in [-0.05, 0) is 26.7 Å². The highest BCUT2D eigenvalue weighted by Gasteiger charge is 2.38. The molecule has 6 nitrogen and oxygen atoms in total. The Labute approximate surface area is 119 Å². The van der Waals surface area contributed by atoms with Gasteiger partial charge in [-0.15, -0.1) is 0 Å². The first kappa shape index (κ1) is 14.7. The van der Waals surface area contributed by atoms with Crippen LogP contribution in [-0.2, 0) is 4.74 Å². The van der Waals surface area contributed by atoms with Crippen molar-refractivity contribution >= 4 is 11.7 Å². The van der Waals surface area contributed by atoms with Gasteiger partial charge in [-0.2, -0.15) is 0 Å². The van der Waals surface area contributed by atoms with Crippen LogP contribution < -0.4 is 10.6 Å². The fourth-order valence-corrected chi connectivity index (χ4v) is 2.11. The van der Waals surface area contributed by atoms with Gasteiger partial charge in [-0.3, -0.25) is 4.79 Å². The lowest BCUT2D eigenvalue weighted by Crippen LogP contribution is -2.50. The number of nitrogens with one attached hydrogen (secondary N) is 2. The predicted molar refractivity (Wildman–Crippen MR) is 76.7 cm³/mol. The van der Waals surface area contributed by atoms with Gasteiger partial charge in [0.2, 0.25) is 0 Å². The van der Waals surface area contributed by atoms with Crippen LogP contribution >= 0.6 is 0 Å². The standard InChI is InChI=1S/C14H22N4O2/c1-4-6-15-12-9-16-11(8-17-12)13(19)18-14(3)5-7-20-10(14)2/h8-10H,4-7H2,1-3H3,(H,15,17)(H,18,19). The minimum atomic E-state index is -0.335. The molecule has 2 N–H and O–H groups in total. The van der Waals surface area contributed by atoms with Crippen LogP contribution in [0.1, 0.15) is 44.1 Å². The van der Waals surface area contributed by atoms with Crippen LogP contribution in [0.4, 0.5) is 5.82 Å². The van der Waals surface area contributed by atoms with E-state index in [0.29, 0.717) is 18.1 Å². The zero-order valence-corrected chi connectivity index (χ0v) is 12.3. The maximum absolute atomic E-state index is 12.2. The van der Waals surface area contributed by atoms with Gasteiger partial charge < -0.3 is 15.4 Å². The number of hydrogen-bond donors (Lipinski definition) is 2. The lowest BCUT2D eigenvalue weighted by atomic mass is 9.94. The summed E-state index contributed by atoms with van der Waals surface area (Å²) in [6.07, 6.45) is 4.91. The Bertz CT molecular complexity index is 463. The highest BCUT2D eigenvalue weighted by atomic mass is 16.5. The summed E-state index contributed by atoms with van der Waals surface area (Å²) in [5.74, 6) is 0.478. The molecule has 0 aromatic carbocycles. The highest BCUT2D eigenvalue weighted by Crippen LogP contribution is 2.25. The predicted octanol–water partition coefficient (Wildman–Crippen LogP) is 1.60. The average molecular weight is 278 g/mol. The normalized spacial score (nSPS) is 25.4. The number of hydrogen-bond acceptors (Lipinski definition) is 5. The van der Waals surface area contributed by atoms with E-state index in [1.54, 1.807) is 6.20 Å². The summed E-state index contributed by atoms with van der Waals surface area (Å²) in [5, 5.41) is 6.12. The number of ether oxygens (including phenoxy) is 1. The topological polar surface area (TPSA) is 76.1 Å². The molecule has 1 saturated heterocycles. The van der Waals surface area contributed by atoms with Crippen molar-refractivity contribution in [2.75, 3.05) is 18.5 Å². The van der Waals surface area contributed by atoms with Crippen LogP contribution in [-0.4, -0.2) is 40.7 Å². The quantitative estimate of drug-likeness (QED) is 0.855. The second kappa shape index (κ2) is 6.17. The van der Waals surface area contributed by atoms with Crippen LogP contribution in [0, 0.1) is 0 Å². The molecule has 1 aromatic rings. The minimum absolute atomic E-state index is 0.00454. The molecule has 6 heteroatoms. The van der Waals surface area contributed by atoms with Crippen LogP contribution in [0.15, 0.2) is 12.4 Å². The molecule has 2 heterocycles. The first-order valence-corrected chi connectivity index (χ1v) is 7.05. The number of aromatic nitrogens is 2. The lowest BCUT2D eigenvalue weighted by molar-refractivity contribution is 0.0724. The Morgan fingerprint density at radius 3 is 2.85 bits per heavy atom. The van der Waals surface area contributed by atoms with Crippen molar-refractivity contribution in [2.45, 2.75) is 45.3 Å². The third kappa shape index (κ3) is 3.25. The fourth-order valence-electron chi connectivity index (χ4n) is 2.11. The smallest absolute Gasteiger partial charge is 0.271 e. The van der Waals surface area contributed by atoms with Gasteiger partial charge in [0, 0.05) is 13.2 Å². The van der Waals surface area contributed by atoms with E-state index in [1.165, 1.54) is 6.20 Å². The zero-order chi connectivity index (χ0) is 14.6. The summed E-state index contributed by atoms with van der Waals surface area (Å²) >= 11 is 0. The number of rotatable bonds is 5. The summed E-state index contributed by atoms with van der Waals surface area (Å²) in [6, 6.07) is 0. The van der Waals surface area contributed by atoms with Crippen molar-refractivity contribution in [1.82, 2.24) is 15.3 Å². The molecule has 20 heavy (non-hydrogen) atoms. The molecule has 0 radical (unpaired) electrons. The van der Waals surface area contributed by atoms with E-state index < -0.39 is 0 Å². The molecule has 1 fully saturated rings. The maximum Gasteiger partial charge on any atom is 0.271 e. The van der Waals surface area contributed by atoms with Gasteiger partial charge in [0.15, 0.2) is 0 Å². The number of carbonyl (C=O) groups excluding carboxylic acids is 1. The molecule has 110 valence electrons. The van der Waals surface area contributed by atoms with Gasteiger partial charge in [0.05, 0.1) is 24.0 Å². The van der Waals surface area contributed by atoms with Gasteiger partial charge in [-0.25, -0.2) is 9.97 Å². The second-order valence-corrected chi connectivity index (χ2v) is 5.35. The molecule has 0 spiro atoms. The zero-order valence-electron chi connectivity index (χ0n) is 12.3. The van der Waals surface area contributed by atoms with Crippen LogP contribution in [0.2, 0.25) is 0 Å². The van der Waals surface area contributed by atoms with E-state index in [4.69, 9.17) is 4.74 Å². The first-order chi connectivity index (χ1) is 9.55. The third-order valence-corrected chi connectivity index (χ3v) is 3.73. The summed E-state index contributed by atoms with van der Waals surface area (Å²) in [5.41, 5.74) is -0.00915. The second-order valence-electron chi connectivity index (χ2n) is 5.35. The number of nitrogens with zero attached hydrogens (tertiary/aromatic N) is 2. The third-order valence-electron chi connectivity index (χ3n) is 3.73. The molecule has 1 aliphatic rings. The molecule has 1 aromatic heterocycles. The summed E-state index contributed by atoms with van der Waals surface area (Å²) < 4.78 is 5.51. The van der Waals surface area contributed by atoms with Crippen LogP contribution in [0.3, 0.4) is 0 Å². The Morgan fingerprint density at radius 2 is 2.30 bits per heavy atom. The highest BCUT2D eigenvalue weighted by molar-refractivity contribution is 5.92. The van der Waals surface area contributed by atoms with Crippen molar-refractivity contribution in [3.05, 3.63) is 18.1 Å². The van der Waals surface area contributed by atoms with E-state index in [-0.39, 0.29) is 17.6 Å². The van der Waals surface area contributed by atoms with Crippen molar-refractivity contribution < 1.29 is 9.53 Å². The van der Waals surface area contributed by atoms with Gasteiger partial charge in [0.25, 0.3) is 5.91 Å². The van der Waals surface area contributed by atoms with Crippen molar-refractivity contribution in [3.63, 3.8) is 0 Å². The molecular formula is C14H22N4O2. The Balaban J connectivity index is 1.99. The number of amides is 1. The molecule has 0 bridgehead atoms. The van der Waals surface area contributed by atoms with E-state index in [0.717, 1.165) is 19.4 Å². The average Bonchev–Trinajstić information content (AvgIpc) is 2.76. The summed E-state index contributed by atoms with van der Waals surface area (Å²) in [6.45, 7) is 7.55. The van der Waals surface area contributed by atoms with E-state index >= 15 is 0 Å². The molecular weight excluding hydrogens is 256 g/mol. The van der Waals surface area contributed by atoms with E-state index in [2.05, 4.69) is 27.5 Å². The molecule has 2 unspecified atom stereocenters. The SMILES string of the molecule is CCCNc1cnc(C(=O)NC2(C)CCOC2C)cn1. The van der Waals surface area contributed by atoms with Crippen molar-refractivity contribution in [3.8, 4) is 0 Å². The lowest BCUT2D eigenvalue weighted by Gasteiger charge is -2.28. The molecule has 2 atom stereocenters. The largest absolute Gasteiger partial charge is 0.376 e. The van der Waals surface area contributed by atoms with Gasteiger partial charge in [0.1, 0.15) is 11.5 Å². The molecule has 0 aliphatic carbocycles. The van der Waals surface area contributed by atoms with Crippen molar-refractivity contribution in [1.29, 1.82) is 0 Å². The van der Waals surface area contributed by atoms with Gasteiger partial charge in [-0.1, -0.05) is 6.92 Å². The number of anilines is 1. The maximum atomic E-state index is 12.2. The van der Waals surface area contributed by atoms with Crippen LogP contribution in [0.5, 0.6) is 0 Å². The summed E-state index contributed by atoms with van der Waals surface area (Å²) in [7, 11) is 0. The molecule has 1 amide bonds. The fraction of sp³-hybridized carbons (Fsp3) is 0.643. The van der Waals surface area contributed by atoms with Gasteiger partial charge >= 0.3 is 0 Å². The Morgan fingerprint density at radius 1 is 1.50 bits per heavy atom. The minimum Gasteiger partial charge on any atom is -0.376 e. The van der Waals surface area contributed by atoms with Crippen LogP contribution in [0.25, 0.3) is 0 Å². The summed E-state index contributed by atoms with van der Waals surface area (Å²) in [4.78, 5) is 20.5. The molecule has 1 aliphatic heterocycles. The Kier molecular flexibility index (Phi) is 4.54. The Hall–Kier alpha value is -1.69. The number of carbonyl (C=O) groups is 1. The molecule has 2 rings (SSSR count). The first-order valence-electron chi connectivity index (χ1n) is 7.05. The van der Waals surface area contributed by atoms with Crippen molar-refractivity contribution in [2.24, 2.45) is 0 Å². The monoisotopic (exact) mass is 278 g/mol. The van der Waals surface area contributed by atoms with E-state index in [9.17, 15) is 4.79 Å². The molecule has 0 saturated carbocycles. The van der Waals surface area contributed by atoms with E-state index in [1.807, 2.05) is 13.8 Å².